The van der Waals surface area contributed by atoms with Crippen molar-refractivity contribution < 1.29 is 14.3 Å². The molecule has 0 saturated carbocycles. The smallest absolute Gasteiger partial charge is 0.258 e. The van der Waals surface area contributed by atoms with Crippen molar-refractivity contribution in [2.75, 3.05) is 19.9 Å². The van der Waals surface area contributed by atoms with Gasteiger partial charge in [-0.05, 0) is 43.5 Å². The summed E-state index contributed by atoms with van der Waals surface area (Å²) in [7, 11) is 0. The largest absolute Gasteiger partial charge is 0.454 e. The highest BCUT2D eigenvalue weighted by molar-refractivity contribution is 5.98. The second-order valence-corrected chi connectivity index (χ2v) is 6.46. The van der Waals surface area contributed by atoms with Crippen LogP contribution in [-0.2, 0) is 6.42 Å². The lowest BCUT2D eigenvalue weighted by Gasteiger charge is -2.32. The molecular weight excluding hydrogens is 328 g/mol. The number of hydrogen-bond acceptors (Lipinski definition) is 4. The summed E-state index contributed by atoms with van der Waals surface area (Å²) in [4.78, 5) is 15.3. The van der Waals surface area contributed by atoms with Crippen LogP contribution in [0.15, 0.2) is 48.5 Å². The van der Waals surface area contributed by atoms with E-state index >= 15 is 0 Å². The second-order valence-electron chi connectivity index (χ2n) is 6.46. The first-order chi connectivity index (χ1) is 12.7. The fraction of sp³-hybridized carbons (Fsp3) is 0.381. The molecule has 2 aromatic carbocycles. The third-order valence-corrected chi connectivity index (χ3v) is 4.61. The van der Waals surface area contributed by atoms with E-state index in [1.54, 1.807) is 6.07 Å². The summed E-state index contributed by atoms with van der Waals surface area (Å²) in [5.74, 6) is 1.15. The molecule has 0 spiro atoms. The lowest BCUT2D eigenvalue weighted by atomic mass is 10.00. The third kappa shape index (κ3) is 3.99. The maximum Gasteiger partial charge on any atom is 0.258 e. The SMILES string of the molecule is CCCN(C(=O)c1cccc2c1OCO2)[C@H](CCN)Cc1ccccc1. The number of para-hydroxylation sites is 1. The molecule has 5 nitrogen and oxygen atoms in total. The van der Waals surface area contributed by atoms with E-state index in [0.717, 1.165) is 19.3 Å². The number of ether oxygens (including phenoxy) is 2. The minimum Gasteiger partial charge on any atom is -0.454 e. The molecule has 2 aromatic rings. The molecule has 1 amide bonds. The zero-order valence-electron chi connectivity index (χ0n) is 15.2. The average molecular weight is 354 g/mol. The van der Waals surface area contributed by atoms with Crippen molar-refractivity contribution in [1.29, 1.82) is 0 Å². The van der Waals surface area contributed by atoms with Crippen molar-refractivity contribution in [3.8, 4) is 11.5 Å². The van der Waals surface area contributed by atoms with Crippen LogP contribution in [0.4, 0.5) is 0 Å². The van der Waals surface area contributed by atoms with E-state index in [1.807, 2.05) is 35.2 Å². The number of benzene rings is 2. The van der Waals surface area contributed by atoms with Gasteiger partial charge in [-0.3, -0.25) is 4.79 Å². The Balaban J connectivity index is 1.88. The van der Waals surface area contributed by atoms with Crippen molar-refractivity contribution in [2.45, 2.75) is 32.2 Å². The van der Waals surface area contributed by atoms with Gasteiger partial charge >= 0.3 is 0 Å². The highest BCUT2D eigenvalue weighted by Crippen LogP contribution is 2.36. The Hall–Kier alpha value is -2.53. The predicted octanol–water partition coefficient (Wildman–Crippen LogP) is 3.23. The van der Waals surface area contributed by atoms with Gasteiger partial charge in [0, 0.05) is 12.6 Å². The lowest BCUT2D eigenvalue weighted by Crippen LogP contribution is -2.43. The minimum absolute atomic E-state index is 0.0245. The zero-order valence-corrected chi connectivity index (χ0v) is 15.2. The molecule has 0 radical (unpaired) electrons. The quantitative estimate of drug-likeness (QED) is 0.790. The van der Waals surface area contributed by atoms with E-state index in [4.69, 9.17) is 15.2 Å². The van der Waals surface area contributed by atoms with Crippen LogP contribution < -0.4 is 15.2 Å². The number of nitrogens with zero attached hydrogens (tertiary/aromatic N) is 1. The molecule has 0 saturated heterocycles. The lowest BCUT2D eigenvalue weighted by molar-refractivity contribution is 0.0665. The normalized spacial score (nSPS) is 13.5. The van der Waals surface area contributed by atoms with Gasteiger partial charge in [0.2, 0.25) is 6.79 Å². The number of carbonyl (C=O) groups excluding carboxylic acids is 1. The number of carbonyl (C=O) groups is 1. The zero-order chi connectivity index (χ0) is 18.4. The van der Waals surface area contributed by atoms with Crippen LogP contribution in [0.5, 0.6) is 11.5 Å². The van der Waals surface area contributed by atoms with Gasteiger partial charge in [0.1, 0.15) is 0 Å². The topological polar surface area (TPSA) is 64.8 Å². The van der Waals surface area contributed by atoms with Gasteiger partial charge in [0.05, 0.1) is 5.56 Å². The summed E-state index contributed by atoms with van der Waals surface area (Å²) in [6, 6.07) is 15.7. The third-order valence-electron chi connectivity index (χ3n) is 4.61. The number of hydrogen-bond donors (Lipinski definition) is 1. The first-order valence-corrected chi connectivity index (χ1v) is 9.18. The van der Waals surface area contributed by atoms with Crippen molar-refractivity contribution in [3.05, 3.63) is 59.7 Å². The molecule has 0 bridgehead atoms. The molecule has 0 aliphatic carbocycles. The summed E-state index contributed by atoms with van der Waals surface area (Å²) in [5, 5.41) is 0. The average Bonchev–Trinajstić information content (AvgIpc) is 3.15. The van der Waals surface area contributed by atoms with Crippen LogP contribution >= 0.6 is 0 Å². The van der Waals surface area contributed by atoms with Crippen LogP contribution in [0.1, 0.15) is 35.7 Å². The Bertz CT molecular complexity index is 733. The Morgan fingerprint density at radius 3 is 2.69 bits per heavy atom. The Morgan fingerprint density at radius 1 is 1.15 bits per heavy atom. The molecule has 3 rings (SSSR count). The van der Waals surface area contributed by atoms with E-state index < -0.39 is 0 Å². The van der Waals surface area contributed by atoms with Gasteiger partial charge in [-0.2, -0.15) is 0 Å². The van der Waals surface area contributed by atoms with E-state index in [2.05, 4.69) is 19.1 Å². The molecule has 1 heterocycles. The van der Waals surface area contributed by atoms with Crippen LogP contribution in [0, 0.1) is 0 Å². The highest BCUT2D eigenvalue weighted by atomic mass is 16.7. The Labute approximate surface area is 154 Å². The molecule has 5 heteroatoms. The van der Waals surface area contributed by atoms with Crippen LogP contribution in [0.3, 0.4) is 0 Å². The summed E-state index contributed by atoms with van der Waals surface area (Å²) in [6.45, 7) is 3.46. The van der Waals surface area contributed by atoms with Gasteiger partial charge in [-0.1, -0.05) is 43.3 Å². The fourth-order valence-corrected chi connectivity index (χ4v) is 3.39. The van der Waals surface area contributed by atoms with E-state index in [1.165, 1.54) is 5.56 Å². The van der Waals surface area contributed by atoms with Gasteiger partial charge < -0.3 is 20.1 Å². The fourth-order valence-electron chi connectivity index (χ4n) is 3.39. The molecule has 1 aliphatic heterocycles. The Morgan fingerprint density at radius 2 is 1.96 bits per heavy atom. The monoisotopic (exact) mass is 354 g/mol. The highest BCUT2D eigenvalue weighted by Gasteiger charge is 2.29. The van der Waals surface area contributed by atoms with Gasteiger partial charge in [-0.15, -0.1) is 0 Å². The van der Waals surface area contributed by atoms with Gasteiger partial charge in [0.25, 0.3) is 5.91 Å². The van der Waals surface area contributed by atoms with E-state index in [0.29, 0.717) is 30.2 Å². The van der Waals surface area contributed by atoms with Crippen LogP contribution in [0.25, 0.3) is 0 Å². The Kier molecular flexibility index (Phi) is 6.12. The van der Waals surface area contributed by atoms with Gasteiger partial charge in [-0.25, -0.2) is 0 Å². The number of rotatable bonds is 8. The number of amides is 1. The molecule has 1 atom stereocenters. The minimum atomic E-state index is -0.0245. The summed E-state index contributed by atoms with van der Waals surface area (Å²) in [5.41, 5.74) is 7.63. The maximum atomic E-state index is 13.4. The van der Waals surface area contributed by atoms with E-state index in [-0.39, 0.29) is 18.7 Å². The summed E-state index contributed by atoms with van der Waals surface area (Å²) in [6.07, 6.45) is 2.43. The molecule has 0 aromatic heterocycles. The molecule has 0 fully saturated rings. The second kappa shape index (κ2) is 8.72. The summed E-state index contributed by atoms with van der Waals surface area (Å²) < 4.78 is 11.0. The molecule has 138 valence electrons. The van der Waals surface area contributed by atoms with Crippen molar-refractivity contribution >= 4 is 5.91 Å². The van der Waals surface area contributed by atoms with Crippen molar-refractivity contribution in [1.82, 2.24) is 4.90 Å². The summed E-state index contributed by atoms with van der Waals surface area (Å²) >= 11 is 0. The number of fused-ring (bicyclic) bond motifs is 1. The van der Waals surface area contributed by atoms with E-state index in [9.17, 15) is 4.79 Å². The maximum absolute atomic E-state index is 13.4. The molecule has 26 heavy (non-hydrogen) atoms. The van der Waals surface area contributed by atoms with Crippen LogP contribution in [0.2, 0.25) is 0 Å². The van der Waals surface area contributed by atoms with Gasteiger partial charge in [0.15, 0.2) is 11.5 Å². The standard InChI is InChI=1S/C21H26N2O3/c1-2-13-23(17(11-12-22)14-16-7-4-3-5-8-16)21(24)18-9-6-10-19-20(18)26-15-25-19/h3-10,17H,2,11-15,22H2,1H3/t17-/m1/s1. The molecule has 2 N–H and O–H groups in total. The number of nitrogens with two attached hydrogens (primary N) is 1. The molecular formula is C21H26N2O3. The van der Waals surface area contributed by atoms with Crippen molar-refractivity contribution in [2.24, 2.45) is 5.73 Å². The molecule has 0 unspecified atom stereocenters. The van der Waals surface area contributed by atoms with Crippen LogP contribution in [-0.4, -0.2) is 36.7 Å². The first-order valence-electron chi connectivity index (χ1n) is 9.18. The predicted molar refractivity (Wildman–Crippen MR) is 101 cm³/mol. The van der Waals surface area contributed by atoms with Crippen molar-refractivity contribution in [3.63, 3.8) is 0 Å². The molecule has 1 aliphatic rings. The first kappa shape index (κ1) is 18.3.